The van der Waals surface area contributed by atoms with Crippen molar-refractivity contribution >= 4 is 0 Å². The molecule has 3 N–H and O–H groups in total. The number of nitrogens with two attached hydrogens (primary N) is 1. The van der Waals surface area contributed by atoms with E-state index in [2.05, 4.69) is 36.5 Å². The molecule has 0 bridgehead atoms. The van der Waals surface area contributed by atoms with Crippen LogP contribution < -0.4 is 11.1 Å². The van der Waals surface area contributed by atoms with Crippen LogP contribution in [0.3, 0.4) is 0 Å². The predicted octanol–water partition coefficient (Wildman–Crippen LogP) is 1.80. The van der Waals surface area contributed by atoms with E-state index in [1.54, 1.807) is 7.11 Å². The van der Waals surface area contributed by atoms with Crippen molar-refractivity contribution in [1.29, 1.82) is 0 Å². The molecule has 0 aliphatic heterocycles. The Balaban J connectivity index is 2.22. The SMILES string of the molecule is COC(C)CNC1(CN)CCCc2ccccc21. The number of nitrogens with one attached hydrogen (secondary N) is 1. The lowest BCUT2D eigenvalue weighted by atomic mass is 9.76. The molecule has 0 saturated carbocycles. The number of fused-ring (bicyclic) bond motifs is 1. The summed E-state index contributed by atoms with van der Waals surface area (Å²) in [4.78, 5) is 0. The van der Waals surface area contributed by atoms with Crippen LogP contribution in [-0.4, -0.2) is 26.3 Å². The predicted molar refractivity (Wildman–Crippen MR) is 74.6 cm³/mol. The Bertz CT molecular complexity index is 394. The van der Waals surface area contributed by atoms with E-state index in [1.165, 1.54) is 24.0 Å². The first-order valence-electron chi connectivity index (χ1n) is 6.78. The van der Waals surface area contributed by atoms with E-state index in [0.717, 1.165) is 13.0 Å². The summed E-state index contributed by atoms with van der Waals surface area (Å²) < 4.78 is 5.32. The number of ether oxygens (including phenoxy) is 1. The third-order valence-corrected chi connectivity index (χ3v) is 4.06. The Morgan fingerprint density at radius 1 is 1.44 bits per heavy atom. The van der Waals surface area contributed by atoms with Crippen molar-refractivity contribution in [3.63, 3.8) is 0 Å². The molecule has 2 rings (SSSR count). The standard InChI is InChI=1S/C15H24N2O/c1-12(18-2)10-17-15(11-16)9-5-7-13-6-3-4-8-14(13)15/h3-4,6,8,12,17H,5,7,9-11,16H2,1-2H3. The number of aryl methyl sites for hydroxylation is 1. The quantitative estimate of drug-likeness (QED) is 0.835. The summed E-state index contributed by atoms with van der Waals surface area (Å²) >= 11 is 0. The monoisotopic (exact) mass is 248 g/mol. The zero-order valence-corrected chi connectivity index (χ0v) is 11.4. The second kappa shape index (κ2) is 5.83. The average Bonchev–Trinajstić information content (AvgIpc) is 2.44. The third-order valence-electron chi connectivity index (χ3n) is 4.06. The van der Waals surface area contributed by atoms with Gasteiger partial charge in [-0.05, 0) is 37.3 Å². The summed E-state index contributed by atoms with van der Waals surface area (Å²) in [7, 11) is 1.75. The van der Waals surface area contributed by atoms with Crippen LogP contribution in [0.4, 0.5) is 0 Å². The van der Waals surface area contributed by atoms with Crippen molar-refractivity contribution in [1.82, 2.24) is 5.32 Å². The van der Waals surface area contributed by atoms with Gasteiger partial charge in [0.25, 0.3) is 0 Å². The average molecular weight is 248 g/mol. The molecule has 3 nitrogen and oxygen atoms in total. The summed E-state index contributed by atoms with van der Waals surface area (Å²) in [5.74, 6) is 0. The molecule has 0 fully saturated rings. The van der Waals surface area contributed by atoms with Crippen LogP contribution in [0.2, 0.25) is 0 Å². The topological polar surface area (TPSA) is 47.3 Å². The fourth-order valence-corrected chi connectivity index (χ4v) is 2.81. The fourth-order valence-electron chi connectivity index (χ4n) is 2.81. The molecule has 2 atom stereocenters. The largest absolute Gasteiger partial charge is 0.380 e. The Morgan fingerprint density at radius 3 is 2.94 bits per heavy atom. The van der Waals surface area contributed by atoms with Gasteiger partial charge in [0.15, 0.2) is 0 Å². The van der Waals surface area contributed by atoms with Crippen molar-refractivity contribution in [2.45, 2.75) is 37.8 Å². The van der Waals surface area contributed by atoms with Crippen LogP contribution in [0.1, 0.15) is 30.9 Å². The van der Waals surface area contributed by atoms with Crippen LogP contribution in [0, 0.1) is 0 Å². The van der Waals surface area contributed by atoms with Gasteiger partial charge in [0.05, 0.1) is 11.6 Å². The van der Waals surface area contributed by atoms with Crippen molar-refractivity contribution in [2.24, 2.45) is 5.73 Å². The summed E-state index contributed by atoms with van der Waals surface area (Å²) in [5, 5.41) is 3.64. The van der Waals surface area contributed by atoms with Crippen molar-refractivity contribution in [2.75, 3.05) is 20.2 Å². The zero-order chi connectivity index (χ0) is 13.0. The molecule has 0 aromatic heterocycles. The molecule has 0 spiro atoms. The van der Waals surface area contributed by atoms with Crippen LogP contribution >= 0.6 is 0 Å². The minimum absolute atomic E-state index is 0.0678. The highest BCUT2D eigenvalue weighted by Crippen LogP contribution is 2.34. The first-order chi connectivity index (χ1) is 8.72. The summed E-state index contributed by atoms with van der Waals surface area (Å²) in [5.41, 5.74) is 8.82. The fraction of sp³-hybridized carbons (Fsp3) is 0.600. The Morgan fingerprint density at radius 2 is 2.22 bits per heavy atom. The summed E-state index contributed by atoms with van der Waals surface area (Å²) in [6.45, 7) is 3.55. The maximum atomic E-state index is 6.08. The first kappa shape index (κ1) is 13.5. The van der Waals surface area contributed by atoms with Gasteiger partial charge in [-0.25, -0.2) is 0 Å². The van der Waals surface area contributed by atoms with Crippen molar-refractivity contribution in [3.8, 4) is 0 Å². The first-order valence-corrected chi connectivity index (χ1v) is 6.78. The Kier molecular flexibility index (Phi) is 4.38. The van der Waals surface area contributed by atoms with Crippen molar-refractivity contribution < 1.29 is 4.74 Å². The number of hydrogen-bond donors (Lipinski definition) is 2. The van der Waals surface area contributed by atoms with Gasteiger partial charge in [0, 0.05) is 20.2 Å². The van der Waals surface area contributed by atoms with Gasteiger partial charge in [0.2, 0.25) is 0 Å². The van der Waals surface area contributed by atoms with E-state index in [9.17, 15) is 0 Å². The highest BCUT2D eigenvalue weighted by atomic mass is 16.5. The molecular formula is C15H24N2O. The molecule has 0 amide bonds. The molecule has 0 heterocycles. The van der Waals surface area contributed by atoms with Crippen LogP contribution in [0.25, 0.3) is 0 Å². The number of rotatable bonds is 5. The lowest BCUT2D eigenvalue weighted by Crippen LogP contribution is -2.52. The van der Waals surface area contributed by atoms with Crippen LogP contribution in [0.5, 0.6) is 0 Å². The molecule has 1 aromatic rings. The van der Waals surface area contributed by atoms with Gasteiger partial charge in [-0.2, -0.15) is 0 Å². The van der Waals surface area contributed by atoms with Gasteiger partial charge in [0.1, 0.15) is 0 Å². The minimum Gasteiger partial charge on any atom is -0.380 e. The van der Waals surface area contributed by atoms with E-state index in [-0.39, 0.29) is 11.6 Å². The van der Waals surface area contributed by atoms with E-state index >= 15 is 0 Å². The van der Waals surface area contributed by atoms with Crippen molar-refractivity contribution in [3.05, 3.63) is 35.4 Å². The molecule has 0 radical (unpaired) electrons. The Hall–Kier alpha value is -0.900. The molecule has 0 saturated heterocycles. The van der Waals surface area contributed by atoms with E-state index in [0.29, 0.717) is 6.54 Å². The zero-order valence-electron chi connectivity index (χ0n) is 11.4. The second-order valence-corrected chi connectivity index (χ2v) is 5.22. The number of hydrogen-bond acceptors (Lipinski definition) is 3. The van der Waals surface area contributed by atoms with Crippen LogP contribution in [0.15, 0.2) is 24.3 Å². The molecule has 1 aliphatic carbocycles. The normalized spacial score (nSPS) is 24.6. The minimum atomic E-state index is -0.0678. The lowest BCUT2D eigenvalue weighted by Gasteiger charge is -2.40. The van der Waals surface area contributed by atoms with E-state index in [4.69, 9.17) is 10.5 Å². The third kappa shape index (κ3) is 2.58. The molecule has 3 heteroatoms. The molecule has 1 aliphatic rings. The second-order valence-electron chi connectivity index (χ2n) is 5.22. The molecular weight excluding hydrogens is 224 g/mol. The van der Waals surface area contributed by atoms with E-state index in [1.807, 2.05) is 0 Å². The van der Waals surface area contributed by atoms with Gasteiger partial charge < -0.3 is 15.8 Å². The van der Waals surface area contributed by atoms with Gasteiger partial charge in [-0.1, -0.05) is 24.3 Å². The summed E-state index contributed by atoms with van der Waals surface area (Å²) in [6.07, 6.45) is 3.68. The number of methoxy groups -OCH3 is 1. The summed E-state index contributed by atoms with van der Waals surface area (Å²) in [6, 6.07) is 8.66. The molecule has 2 unspecified atom stereocenters. The lowest BCUT2D eigenvalue weighted by molar-refractivity contribution is 0.104. The Labute approximate surface area is 110 Å². The smallest absolute Gasteiger partial charge is 0.0667 e. The maximum absolute atomic E-state index is 6.08. The van der Waals surface area contributed by atoms with Gasteiger partial charge in [-0.3, -0.25) is 0 Å². The molecule has 100 valence electrons. The van der Waals surface area contributed by atoms with E-state index < -0.39 is 0 Å². The highest BCUT2D eigenvalue weighted by Gasteiger charge is 2.34. The van der Waals surface area contributed by atoms with Gasteiger partial charge in [-0.15, -0.1) is 0 Å². The van der Waals surface area contributed by atoms with Crippen LogP contribution in [-0.2, 0) is 16.7 Å². The number of benzene rings is 1. The molecule has 18 heavy (non-hydrogen) atoms. The molecule has 1 aromatic carbocycles. The maximum Gasteiger partial charge on any atom is 0.0667 e. The van der Waals surface area contributed by atoms with Gasteiger partial charge >= 0.3 is 0 Å². The highest BCUT2D eigenvalue weighted by molar-refractivity contribution is 5.36.